The zero-order valence-electron chi connectivity index (χ0n) is 14.9. The van der Waals surface area contributed by atoms with E-state index in [-0.39, 0.29) is 18.6 Å². The zero-order valence-corrected chi connectivity index (χ0v) is 14.9. The van der Waals surface area contributed by atoms with E-state index in [1.54, 1.807) is 0 Å². The van der Waals surface area contributed by atoms with E-state index >= 15 is 0 Å². The van der Waals surface area contributed by atoms with Crippen LogP contribution in [0.3, 0.4) is 0 Å². The summed E-state index contributed by atoms with van der Waals surface area (Å²) >= 11 is 0. The highest BCUT2D eigenvalue weighted by Gasteiger charge is 2.38. The molecular formula is C19H22N4O3. The van der Waals surface area contributed by atoms with Gasteiger partial charge < -0.3 is 14.4 Å². The van der Waals surface area contributed by atoms with E-state index < -0.39 is 0 Å². The number of nitrogens with zero attached hydrogens (tertiary/aromatic N) is 4. The molecule has 1 aromatic heterocycles. The van der Waals surface area contributed by atoms with Crippen molar-refractivity contribution >= 4 is 5.91 Å². The van der Waals surface area contributed by atoms with E-state index in [1.165, 1.54) is 12.8 Å². The predicted octanol–water partition coefficient (Wildman–Crippen LogP) is 2.56. The summed E-state index contributed by atoms with van der Waals surface area (Å²) in [6.45, 7) is 2.88. The number of likely N-dealkylation sites (tertiary alicyclic amines) is 1. The Morgan fingerprint density at radius 1 is 1.15 bits per heavy atom. The van der Waals surface area contributed by atoms with Crippen LogP contribution in [0, 0.1) is 6.92 Å². The summed E-state index contributed by atoms with van der Waals surface area (Å²) < 4.78 is 12.7. The number of hydrogen-bond donors (Lipinski definition) is 0. The number of benzene rings is 1. The molecule has 7 nitrogen and oxygen atoms in total. The van der Waals surface area contributed by atoms with Gasteiger partial charge in [-0.15, -0.1) is 0 Å². The highest BCUT2D eigenvalue weighted by Crippen LogP contribution is 2.36. The van der Waals surface area contributed by atoms with E-state index in [0.717, 1.165) is 42.4 Å². The molecule has 1 aliphatic carbocycles. The number of aromatic nitrogens is 3. The van der Waals surface area contributed by atoms with Crippen molar-refractivity contribution in [2.45, 2.75) is 51.0 Å². The molecular weight excluding hydrogens is 332 g/mol. The second kappa shape index (κ2) is 6.00. The Hall–Kier alpha value is -2.57. The highest BCUT2D eigenvalue weighted by atomic mass is 16.7. The number of amides is 1. The first kappa shape index (κ1) is 15.7. The van der Waals surface area contributed by atoms with Crippen LogP contribution < -0.4 is 9.47 Å². The fourth-order valence-corrected chi connectivity index (χ4v) is 4.38. The third kappa shape index (κ3) is 2.53. The number of fused-ring (bicyclic) bond motifs is 1. The molecule has 1 saturated carbocycles. The highest BCUT2D eigenvalue weighted by molar-refractivity contribution is 5.80. The van der Waals surface area contributed by atoms with Gasteiger partial charge in [-0.2, -0.15) is 5.10 Å². The Balaban J connectivity index is 1.46. The van der Waals surface area contributed by atoms with Crippen molar-refractivity contribution in [3.8, 4) is 17.2 Å². The van der Waals surface area contributed by atoms with Gasteiger partial charge in [-0.3, -0.25) is 4.79 Å². The lowest BCUT2D eigenvalue weighted by molar-refractivity contribution is -0.129. The van der Waals surface area contributed by atoms with E-state index in [1.807, 2.05) is 29.8 Å². The molecule has 26 heavy (non-hydrogen) atoms. The second-order valence-corrected chi connectivity index (χ2v) is 7.35. The third-order valence-electron chi connectivity index (χ3n) is 5.63. The minimum Gasteiger partial charge on any atom is -0.454 e. The molecule has 1 unspecified atom stereocenters. The van der Waals surface area contributed by atoms with Crippen molar-refractivity contribution in [3.05, 3.63) is 29.8 Å². The number of carbonyl (C=O) groups is 1. The number of ether oxygens (including phenoxy) is 2. The average Bonchev–Trinajstić information content (AvgIpc) is 3.40. The van der Waals surface area contributed by atoms with Gasteiger partial charge in [-0.25, -0.2) is 9.67 Å². The number of aryl methyl sites for hydroxylation is 1. The van der Waals surface area contributed by atoms with E-state index in [4.69, 9.17) is 9.47 Å². The van der Waals surface area contributed by atoms with Gasteiger partial charge >= 0.3 is 0 Å². The topological polar surface area (TPSA) is 69.5 Å². The molecule has 2 aliphatic heterocycles. The van der Waals surface area contributed by atoms with Gasteiger partial charge in [-0.1, -0.05) is 12.8 Å². The molecule has 2 fully saturated rings. The van der Waals surface area contributed by atoms with Crippen molar-refractivity contribution in [2.24, 2.45) is 0 Å². The fourth-order valence-electron chi connectivity index (χ4n) is 4.38. The Morgan fingerprint density at radius 2 is 1.96 bits per heavy atom. The van der Waals surface area contributed by atoms with Crippen LogP contribution in [0.25, 0.3) is 5.69 Å². The Bertz CT molecular complexity index is 856. The minimum atomic E-state index is 0.0784. The van der Waals surface area contributed by atoms with Gasteiger partial charge in [0.15, 0.2) is 11.5 Å². The molecule has 0 radical (unpaired) electrons. The van der Waals surface area contributed by atoms with Gasteiger partial charge in [0.25, 0.3) is 0 Å². The summed E-state index contributed by atoms with van der Waals surface area (Å²) in [5, 5.41) is 4.58. The zero-order chi connectivity index (χ0) is 17.7. The normalized spacial score (nSPS) is 22.6. The summed E-state index contributed by atoms with van der Waals surface area (Å²) in [6.07, 6.45) is 5.23. The van der Waals surface area contributed by atoms with E-state index in [9.17, 15) is 4.79 Å². The summed E-state index contributed by atoms with van der Waals surface area (Å²) in [5.74, 6) is 3.36. The molecule has 136 valence electrons. The molecule has 1 amide bonds. The number of hydrogen-bond acceptors (Lipinski definition) is 5. The van der Waals surface area contributed by atoms with Crippen LogP contribution in [-0.2, 0) is 4.79 Å². The monoisotopic (exact) mass is 354 g/mol. The molecule has 0 bridgehead atoms. The first-order valence-corrected chi connectivity index (χ1v) is 9.32. The molecule has 1 saturated heterocycles. The maximum Gasteiger partial charge on any atom is 0.231 e. The van der Waals surface area contributed by atoms with Crippen molar-refractivity contribution < 1.29 is 14.3 Å². The van der Waals surface area contributed by atoms with Crippen LogP contribution in [0.2, 0.25) is 0 Å². The Kier molecular flexibility index (Phi) is 3.62. The fraction of sp³-hybridized carbons (Fsp3) is 0.526. The Labute approximate surface area is 151 Å². The molecule has 5 rings (SSSR count). The smallest absolute Gasteiger partial charge is 0.231 e. The molecule has 0 spiro atoms. The molecule has 0 N–H and O–H groups in total. The van der Waals surface area contributed by atoms with Crippen molar-refractivity contribution in [1.82, 2.24) is 19.7 Å². The second-order valence-electron chi connectivity index (χ2n) is 7.35. The average molecular weight is 354 g/mol. The molecule has 3 heterocycles. The van der Waals surface area contributed by atoms with Gasteiger partial charge in [0.2, 0.25) is 12.7 Å². The minimum absolute atomic E-state index is 0.0784. The molecule has 1 aromatic carbocycles. The third-order valence-corrected chi connectivity index (χ3v) is 5.63. The quantitative estimate of drug-likeness (QED) is 0.847. The van der Waals surface area contributed by atoms with Crippen LogP contribution >= 0.6 is 0 Å². The molecule has 1 atom stereocenters. The summed E-state index contributed by atoms with van der Waals surface area (Å²) in [4.78, 5) is 19.3. The molecule has 3 aliphatic rings. The van der Waals surface area contributed by atoms with Gasteiger partial charge in [0, 0.05) is 31.0 Å². The number of carbonyl (C=O) groups excluding carboxylic acids is 1. The predicted molar refractivity (Wildman–Crippen MR) is 93.5 cm³/mol. The Morgan fingerprint density at radius 3 is 2.81 bits per heavy atom. The van der Waals surface area contributed by atoms with Crippen LogP contribution in [0.4, 0.5) is 0 Å². The number of rotatable bonds is 3. The van der Waals surface area contributed by atoms with Gasteiger partial charge in [0.1, 0.15) is 11.6 Å². The van der Waals surface area contributed by atoms with Gasteiger partial charge in [0.05, 0.1) is 5.69 Å². The van der Waals surface area contributed by atoms with Gasteiger partial charge in [-0.05, 0) is 31.9 Å². The molecule has 2 aromatic rings. The van der Waals surface area contributed by atoms with Crippen LogP contribution in [-0.4, -0.2) is 45.0 Å². The summed E-state index contributed by atoms with van der Waals surface area (Å²) in [7, 11) is 0. The SMILES string of the molecule is Cc1nc(C2CC(=O)N(C3CCCC3)C2)n(-c2ccc3c(c2)OCO3)n1. The van der Waals surface area contributed by atoms with E-state index in [0.29, 0.717) is 18.3 Å². The van der Waals surface area contributed by atoms with Crippen molar-refractivity contribution in [3.63, 3.8) is 0 Å². The van der Waals surface area contributed by atoms with E-state index in [2.05, 4.69) is 15.0 Å². The van der Waals surface area contributed by atoms with Crippen molar-refractivity contribution in [1.29, 1.82) is 0 Å². The van der Waals surface area contributed by atoms with Crippen molar-refractivity contribution in [2.75, 3.05) is 13.3 Å². The maximum absolute atomic E-state index is 12.6. The maximum atomic E-state index is 12.6. The summed E-state index contributed by atoms with van der Waals surface area (Å²) in [5.41, 5.74) is 0.886. The van der Waals surface area contributed by atoms with Crippen LogP contribution in [0.15, 0.2) is 18.2 Å². The van der Waals surface area contributed by atoms with Crippen LogP contribution in [0.1, 0.15) is 49.7 Å². The largest absolute Gasteiger partial charge is 0.454 e. The summed E-state index contributed by atoms with van der Waals surface area (Å²) in [6, 6.07) is 6.18. The lowest BCUT2D eigenvalue weighted by Gasteiger charge is -2.24. The van der Waals surface area contributed by atoms with Crippen LogP contribution in [0.5, 0.6) is 11.5 Å². The lowest BCUT2D eigenvalue weighted by Crippen LogP contribution is -2.34. The lowest BCUT2D eigenvalue weighted by atomic mass is 10.1. The standard InChI is InChI=1S/C19H22N4O3/c1-12-20-19(13-8-18(24)22(10-13)14-4-2-3-5-14)23(21-12)15-6-7-16-17(9-15)26-11-25-16/h6-7,9,13-14H,2-5,8,10-11H2,1H3. The first-order valence-electron chi connectivity index (χ1n) is 9.32. The first-order chi connectivity index (χ1) is 12.7. The molecule has 7 heteroatoms.